The summed E-state index contributed by atoms with van der Waals surface area (Å²) in [7, 11) is -2.85. The first-order chi connectivity index (χ1) is 32.2. The van der Waals surface area contributed by atoms with Crippen LogP contribution in [0, 0.1) is 0 Å². The number of hydrogen-bond acceptors (Lipinski definition) is 3. The molecule has 3 heterocycles. The van der Waals surface area contributed by atoms with Crippen LogP contribution in [0.1, 0.15) is 22.3 Å². The Bertz CT molecular complexity index is 3490. The number of nitrogens with zero attached hydrogens (tertiary/aromatic N) is 1. The highest BCUT2D eigenvalue weighted by molar-refractivity contribution is 7.99. The van der Waals surface area contributed by atoms with Gasteiger partial charge < -0.3 is 4.90 Å². The molecule has 13 rings (SSSR count). The van der Waals surface area contributed by atoms with Gasteiger partial charge in [-0.05, 0) is 109 Å². The van der Waals surface area contributed by atoms with Gasteiger partial charge in [-0.15, -0.1) is 11.3 Å². The van der Waals surface area contributed by atoms with Crippen molar-refractivity contribution in [1.29, 1.82) is 0 Å². The second-order valence-corrected chi connectivity index (χ2v) is 23.0. The molecule has 1 nitrogen and oxygen atoms in total. The summed E-state index contributed by atoms with van der Waals surface area (Å²) in [5.41, 5.74) is 10.7. The van der Waals surface area contributed by atoms with E-state index in [-0.39, 0.29) is 0 Å². The van der Waals surface area contributed by atoms with E-state index in [0.29, 0.717) is 0 Å². The highest BCUT2D eigenvalue weighted by Crippen LogP contribution is 2.57. The normalized spacial score (nSPS) is 14.0. The molecule has 0 aliphatic carbocycles. The van der Waals surface area contributed by atoms with E-state index >= 15 is 0 Å². The average molecular weight is 880 g/mol. The first-order valence-electron chi connectivity index (χ1n) is 22.3. The minimum atomic E-state index is -2.85. The molecule has 1 aromatic heterocycles. The van der Waals surface area contributed by atoms with Gasteiger partial charge in [0.15, 0.2) is 8.07 Å². The van der Waals surface area contributed by atoms with Gasteiger partial charge in [-0.25, -0.2) is 0 Å². The van der Waals surface area contributed by atoms with Crippen LogP contribution in [0.2, 0.25) is 0 Å². The topological polar surface area (TPSA) is 3.24 Å². The van der Waals surface area contributed by atoms with Gasteiger partial charge in [0, 0.05) is 47.0 Å². The second kappa shape index (κ2) is 15.2. The lowest BCUT2D eigenvalue weighted by Gasteiger charge is -2.51. The van der Waals surface area contributed by atoms with Gasteiger partial charge in [-0.3, -0.25) is 0 Å². The van der Waals surface area contributed by atoms with Crippen LogP contribution in [-0.4, -0.2) is 8.07 Å². The van der Waals surface area contributed by atoms with Crippen LogP contribution in [-0.2, 0) is 5.41 Å². The van der Waals surface area contributed by atoms with Gasteiger partial charge in [-0.1, -0.05) is 206 Å². The van der Waals surface area contributed by atoms with E-state index in [0.717, 1.165) is 17.1 Å². The molecule has 65 heavy (non-hydrogen) atoms. The second-order valence-electron chi connectivity index (χ2n) is 17.1. The molecule has 2 aliphatic heterocycles. The molecule has 0 bridgehead atoms. The minimum absolute atomic E-state index is 0.588. The Balaban J connectivity index is 1.05. The van der Waals surface area contributed by atoms with Crippen molar-refractivity contribution in [2.24, 2.45) is 0 Å². The molecule has 2 aliphatic rings. The third-order valence-electron chi connectivity index (χ3n) is 13.9. The number of thiophene rings is 1. The first-order valence-corrected chi connectivity index (χ1v) is 26.0. The van der Waals surface area contributed by atoms with Crippen LogP contribution in [0.4, 0.5) is 17.1 Å². The lowest BCUT2D eigenvalue weighted by molar-refractivity contribution is 0.707. The van der Waals surface area contributed by atoms with Gasteiger partial charge in [-0.2, -0.15) is 0 Å². The Morgan fingerprint density at radius 2 is 0.892 bits per heavy atom. The molecule has 0 fully saturated rings. The molecule has 0 saturated heterocycles. The molecule has 4 heteroatoms. The van der Waals surface area contributed by atoms with E-state index in [9.17, 15) is 0 Å². The zero-order valence-electron chi connectivity index (χ0n) is 35.4. The molecular formula is C61H41NS2Si. The Labute approximate surface area is 389 Å². The Kier molecular flexibility index (Phi) is 8.95. The Morgan fingerprint density at radius 3 is 1.58 bits per heavy atom. The van der Waals surface area contributed by atoms with Gasteiger partial charge in [0.2, 0.25) is 0 Å². The maximum atomic E-state index is 2.52. The number of fused-ring (bicyclic) bond motifs is 11. The number of anilines is 3. The molecule has 0 atom stereocenters. The summed E-state index contributed by atoms with van der Waals surface area (Å²) in [5.74, 6) is 0. The summed E-state index contributed by atoms with van der Waals surface area (Å²) in [6.45, 7) is 0. The van der Waals surface area contributed by atoms with Crippen molar-refractivity contribution in [2.75, 3.05) is 4.90 Å². The zero-order chi connectivity index (χ0) is 43.0. The largest absolute Gasteiger partial charge is 0.310 e. The van der Waals surface area contributed by atoms with Crippen LogP contribution in [0.15, 0.2) is 259 Å². The minimum Gasteiger partial charge on any atom is -0.310 e. The fourth-order valence-corrected chi connectivity index (χ4v) is 19.0. The van der Waals surface area contributed by atoms with Crippen molar-refractivity contribution in [3.8, 4) is 11.1 Å². The van der Waals surface area contributed by atoms with E-state index in [1.54, 1.807) is 0 Å². The summed E-state index contributed by atoms with van der Waals surface area (Å²) in [5, 5.41) is 8.32. The highest BCUT2D eigenvalue weighted by Gasteiger charge is 2.57. The molecule has 11 aromatic rings. The molecule has 0 amide bonds. The smallest absolute Gasteiger partial charge is 0.180 e. The van der Waals surface area contributed by atoms with E-state index in [1.165, 1.54) is 84.1 Å². The standard InChI is InChI=1S/C61H41NS2Si/c1-4-19-43(20-5-1)62(44-37-35-42(36-38-44)48-26-18-27-50-49-25-10-14-31-55(49)64-60(48)50)45-39-40-57-54(41-45)61(51-28-11-15-32-56(51)63-57)52-29-12-16-33-58(52)65(46-21-6-2-7-22-46,47-23-8-3-9-24-47)59-34-17-13-30-53(59)61/h1-41H. The van der Waals surface area contributed by atoms with E-state index in [4.69, 9.17) is 0 Å². The summed E-state index contributed by atoms with van der Waals surface area (Å²) in [4.78, 5) is 5.02. The SMILES string of the molecule is c1ccc(N(c2ccc(-c3cccc4c3sc3ccccc34)cc2)c2ccc3c(c2)C2(c4ccccc4S3)c3ccccc3[Si](c3ccccc3)(c3ccccc3)c3ccccc32)cc1. The number of benzene rings is 10. The van der Waals surface area contributed by atoms with Gasteiger partial charge >= 0.3 is 0 Å². The lowest BCUT2D eigenvalue weighted by Crippen LogP contribution is -2.79. The molecule has 10 aromatic carbocycles. The predicted octanol–water partition coefficient (Wildman–Crippen LogP) is 13.7. The summed E-state index contributed by atoms with van der Waals surface area (Å²) in [6, 6.07) is 93.7. The average Bonchev–Trinajstić information content (AvgIpc) is 3.77. The maximum absolute atomic E-state index is 2.85. The molecule has 0 N–H and O–H groups in total. The third kappa shape index (κ3) is 5.64. The van der Waals surface area contributed by atoms with Crippen molar-refractivity contribution in [3.05, 3.63) is 271 Å². The van der Waals surface area contributed by atoms with Crippen molar-refractivity contribution in [2.45, 2.75) is 15.2 Å². The Hall–Kier alpha value is -7.21. The van der Waals surface area contributed by atoms with E-state index in [2.05, 4.69) is 254 Å². The monoisotopic (exact) mass is 879 g/mol. The van der Waals surface area contributed by atoms with Gasteiger partial charge in [0.25, 0.3) is 0 Å². The molecule has 0 saturated carbocycles. The Morgan fingerprint density at radius 1 is 0.369 bits per heavy atom. The van der Waals surface area contributed by atoms with Crippen LogP contribution >= 0.6 is 23.1 Å². The summed E-state index contributed by atoms with van der Waals surface area (Å²) in [6.07, 6.45) is 0. The lowest BCUT2D eigenvalue weighted by atomic mass is 9.64. The predicted molar refractivity (Wildman–Crippen MR) is 279 cm³/mol. The molecule has 306 valence electrons. The van der Waals surface area contributed by atoms with Crippen LogP contribution < -0.4 is 25.6 Å². The van der Waals surface area contributed by atoms with E-state index in [1.807, 2.05) is 23.1 Å². The summed E-state index contributed by atoms with van der Waals surface area (Å²) >= 11 is 3.78. The van der Waals surface area contributed by atoms with E-state index < -0.39 is 13.5 Å². The number of rotatable bonds is 6. The highest BCUT2D eigenvalue weighted by atomic mass is 32.2. The van der Waals surface area contributed by atoms with Crippen molar-refractivity contribution >= 4 is 89.2 Å². The molecule has 0 radical (unpaired) electrons. The summed E-state index contributed by atoms with van der Waals surface area (Å²) < 4.78 is 2.66. The molecular weight excluding hydrogens is 839 g/mol. The maximum Gasteiger partial charge on any atom is 0.180 e. The molecule has 0 unspecified atom stereocenters. The number of hydrogen-bond donors (Lipinski definition) is 0. The third-order valence-corrected chi connectivity index (χ3v) is 21.1. The quantitative estimate of drug-likeness (QED) is 0.153. The van der Waals surface area contributed by atoms with Crippen molar-refractivity contribution in [1.82, 2.24) is 0 Å². The fourth-order valence-electron chi connectivity index (χ4n) is 11.3. The van der Waals surface area contributed by atoms with Gasteiger partial charge in [0.05, 0.1) is 5.41 Å². The molecule has 1 spiro atoms. The van der Waals surface area contributed by atoms with Crippen LogP contribution in [0.3, 0.4) is 0 Å². The fraction of sp³-hybridized carbons (Fsp3) is 0.0164. The van der Waals surface area contributed by atoms with Crippen LogP contribution in [0.25, 0.3) is 31.3 Å². The number of para-hydroxylation sites is 1. The van der Waals surface area contributed by atoms with Crippen molar-refractivity contribution < 1.29 is 0 Å². The zero-order valence-corrected chi connectivity index (χ0v) is 38.1. The van der Waals surface area contributed by atoms with Crippen molar-refractivity contribution in [3.63, 3.8) is 0 Å². The van der Waals surface area contributed by atoms with Crippen LogP contribution in [0.5, 0.6) is 0 Å². The first kappa shape index (κ1) is 38.3. The van der Waals surface area contributed by atoms with Gasteiger partial charge in [0.1, 0.15) is 0 Å².